The standard InChI is InChI=1S/C17H33NO/c1-17(2,3)15-6-5-14(12-18-4)16(11-15)13-7-9-19-10-8-13/h13-16,18H,5-12H2,1-4H3. The Hall–Kier alpha value is -0.0800. The third-order valence-corrected chi connectivity index (χ3v) is 5.61. The van der Waals surface area contributed by atoms with Gasteiger partial charge in [0.2, 0.25) is 0 Å². The maximum atomic E-state index is 5.56. The van der Waals surface area contributed by atoms with Crippen molar-refractivity contribution in [3.63, 3.8) is 0 Å². The third-order valence-electron chi connectivity index (χ3n) is 5.61. The smallest absolute Gasteiger partial charge is 0.0468 e. The van der Waals surface area contributed by atoms with Gasteiger partial charge in [-0.25, -0.2) is 0 Å². The summed E-state index contributed by atoms with van der Waals surface area (Å²) >= 11 is 0. The molecule has 0 radical (unpaired) electrons. The maximum absolute atomic E-state index is 5.56. The van der Waals surface area contributed by atoms with Gasteiger partial charge in [0, 0.05) is 13.2 Å². The van der Waals surface area contributed by atoms with E-state index >= 15 is 0 Å². The Kier molecular flexibility index (Phi) is 5.30. The Labute approximate surface area is 119 Å². The van der Waals surface area contributed by atoms with E-state index < -0.39 is 0 Å². The van der Waals surface area contributed by atoms with Crippen LogP contribution in [0.5, 0.6) is 0 Å². The van der Waals surface area contributed by atoms with Gasteiger partial charge in [-0.1, -0.05) is 20.8 Å². The largest absolute Gasteiger partial charge is 0.381 e. The van der Waals surface area contributed by atoms with E-state index in [0.29, 0.717) is 5.41 Å². The predicted octanol–water partition coefficient (Wildman–Crippen LogP) is 3.71. The second-order valence-corrected chi connectivity index (χ2v) is 7.81. The van der Waals surface area contributed by atoms with Crippen LogP contribution in [-0.2, 0) is 4.74 Å². The van der Waals surface area contributed by atoms with Gasteiger partial charge in [-0.05, 0) is 74.8 Å². The zero-order valence-electron chi connectivity index (χ0n) is 13.4. The molecular formula is C17H33NO. The van der Waals surface area contributed by atoms with Crippen LogP contribution >= 0.6 is 0 Å². The summed E-state index contributed by atoms with van der Waals surface area (Å²) in [6, 6.07) is 0. The highest BCUT2D eigenvalue weighted by molar-refractivity contribution is 4.89. The van der Waals surface area contributed by atoms with Crippen molar-refractivity contribution < 1.29 is 4.74 Å². The van der Waals surface area contributed by atoms with Crippen LogP contribution in [0.15, 0.2) is 0 Å². The molecule has 1 N–H and O–H groups in total. The van der Waals surface area contributed by atoms with Crippen LogP contribution in [-0.4, -0.2) is 26.8 Å². The first kappa shape index (κ1) is 15.3. The van der Waals surface area contributed by atoms with Gasteiger partial charge in [0.1, 0.15) is 0 Å². The molecule has 2 nitrogen and oxygen atoms in total. The van der Waals surface area contributed by atoms with E-state index in [1.54, 1.807) is 0 Å². The summed E-state index contributed by atoms with van der Waals surface area (Å²) in [6.07, 6.45) is 6.88. The Bertz CT molecular complexity index is 260. The molecule has 112 valence electrons. The summed E-state index contributed by atoms with van der Waals surface area (Å²) in [4.78, 5) is 0. The average Bonchev–Trinajstić information content (AvgIpc) is 2.39. The van der Waals surface area contributed by atoms with Crippen molar-refractivity contribution in [1.82, 2.24) is 5.32 Å². The molecule has 3 atom stereocenters. The summed E-state index contributed by atoms with van der Waals surface area (Å²) in [5.41, 5.74) is 0.480. The fourth-order valence-corrected chi connectivity index (χ4v) is 4.29. The van der Waals surface area contributed by atoms with Crippen LogP contribution in [0.2, 0.25) is 0 Å². The number of rotatable bonds is 3. The SMILES string of the molecule is CNCC1CCC(C(C)(C)C)CC1C1CCOCC1. The van der Waals surface area contributed by atoms with E-state index in [0.717, 1.165) is 36.9 Å². The van der Waals surface area contributed by atoms with Crippen molar-refractivity contribution in [2.75, 3.05) is 26.8 Å². The summed E-state index contributed by atoms with van der Waals surface area (Å²) in [6.45, 7) is 10.5. The normalized spacial score (nSPS) is 34.4. The molecule has 1 aliphatic carbocycles. The van der Waals surface area contributed by atoms with Crippen LogP contribution < -0.4 is 5.32 Å². The number of nitrogens with one attached hydrogen (secondary N) is 1. The summed E-state index contributed by atoms with van der Waals surface area (Å²) in [5.74, 6) is 3.65. The van der Waals surface area contributed by atoms with Gasteiger partial charge >= 0.3 is 0 Å². The van der Waals surface area contributed by atoms with Crippen LogP contribution in [0.25, 0.3) is 0 Å². The molecule has 2 fully saturated rings. The molecule has 0 amide bonds. The van der Waals surface area contributed by atoms with E-state index in [4.69, 9.17) is 4.74 Å². The second-order valence-electron chi connectivity index (χ2n) is 7.81. The lowest BCUT2D eigenvalue weighted by Crippen LogP contribution is -2.40. The highest BCUT2D eigenvalue weighted by Crippen LogP contribution is 2.46. The van der Waals surface area contributed by atoms with E-state index in [1.165, 1.54) is 38.6 Å². The fraction of sp³-hybridized carbons (Fsp3) is 1.00. The quantitative estimate of drug-likeness (QED) is 0.841. The zero-order chi connectivity index (χ0) is 13.9. The van der Waals surface area contributed by atoms with Crippen molar-refractivity contribution in [2.24, 2.45) is 29.1 Å². The monoisotopic (exact) mass is 267 g/mol. The molecule has 0 spiro atoms. The molecule has 1 saturated carbocycles. The molecule has 19 heavy (non-hydrogen) atoms. The highest BCUT2D eigenvalue weighted by atomic mass is 16.5. The minimum atomic E-state index is 0.480. The van der Waals surface area contributed by atoms with Gasteiger partial charge in [-0.15, -0.1) is 0 Å². The van der Waals surface area contributed by atoms with Crippen LogP contribution in [0.1, 0.15) is 52.9 Å². The first-order chi connectivity index (χ1) is 9.02. The predicted molar refractivity (Wildman–Crippen MR) is 81.2 cm³/mol. The lowest BCUT2D eigenvalue weighted by atomic mass is 9.61. The molecule has 0 aromatic heterocycles. The van der Waals surface area contributed by atoms with Crippen molar-refractivity contribution in [3.8, 4) is 0 Å². The van der Waals surface area contributed by atoms with Crippen LogP contribution in [0, 0.1) is 29.1 Å². The molecule has 2 heteroatoms. The van der Waals surface area contributed by atoms with Crippen LogP contribution in [0.3, 0.4) is 0 Å². The number of hydrogen-bond donors (Lipinski definition) is 1. The fourth-order valence-electron chi connectivity index (χ4n) is 4.29. The summed E-state index contributed by atoms with van der Waals surface area (Å²) < 4.78 is 5.56. The lowest BCUT2D eigenvalue weighted by molar-refractivity contribution is 0.000655. The van der Waals surface area contributed by atoms with Crippen molar-refractivity contribution >= 4 is 0 Å². The number of ether oxygens (including phenoxy) is 1. The van der Waals surface area contributed by atoms with Crippen molar-refractivity contribution in [1.29, 1.82) is 0 Å². The van der Waals surface area contributed by atoms with Gasteiger partial charge in [0.25, 0.3) is 0 Å². The third kappa shape index (κ3) is 3.95. The molecule has 0 bridgehead atoms. The highest BCUT2D eigenvalue weighted by Gasteiger charge is 2.39. The van der Waals surface area contributed by atoms with Gasteiger partial charge < -0.3 is 10.1 Å². The zero-order valence-corrected chi connectivity index (χ0v) is 13.4. The summed E-state index contributed by atoms with van der Waals surface area (Å²) in [5, 5.41) is 3.43. The van der Waals surface area contributed by atoms with Gasteiger partial charge in [-0.3, -0.25) is 0 Å². The lowest BCUT2D eigenvalue weighted by Gasteiger charge is -2.45. The number of hydrogen-bond acceptors (Lipinski definition) is 2. The molecule has 1 aliphatic heterocycles. The molecule has 3 unspecified atom stereocenters. The first-order valence-corrected chi connectivity index (χ1v) is 8.24. The molecular weight excluding hydrogens is 234 g/mol. The topological polar surface area (TPSA) is 21.3 Å². The average molecular weight is 267 g/mol. The van der Waals surface area contributed by atoms with Crippen molar-refractivity contribution in [3.05, 3.63) is 0 Å². The minimum absolute atomic E-state index is 0.480. The minimum Gasteiger partial charge on any atom is -0.381 e. The Morgan fingerprint density at radius 3 is 2.32 bits per heavy atom. The van der Waals surface area contributed by atoms with Crippen LogP contribution in [0.4, 0.5) is 0 Å². The van der Waals surface area contributed by atoms with E-state index in [-0.39, 0.29) is 0 Å². The van der Waals surface area contributed by atoms with Crippen molar-refractivity contribution in [2.45, 2.75) is 52.9 Å². The molecule has 0 aromatic rings. The van der Waals surface area contributed by atoms with E-state index in [9.17, 15) is 0 Å². The molecule has 1 saturated heterocycles. The van der Waals surface area contributed by atoms with Gasteiger partial charge in [-0.2, -0.15) is 0 Å². The second kappa shape index (κ2) is 6.58. The Morgan fingerprint density at radius 2 is 1.74 bits per heavy atom. The van der Waals surface area contributed by atoms with Gasteiger partial charge in [0.15, 0.2) is 0 Å². The maximum Gasteiger partial charge on any atom is 0.0468 e. The Balaban J connectivity index is 2.03. The first-order valence-electron chi connectivity index (χ1n) is 8.24. The Morgan fingerprint density at radius 1 is 1.05 bits per heavy atom. The van der Waals surface area contributed by atoms with E-state index in [2.05, 4.69) is 33.1 Å². The van der Waals surface area contributed by atoms with Gasteiger partial charge in [0.05, 0.1) is 0 Å². The summed E-state index contributed by atoms with van der Waals surface area (Å²) in [7, 11) is 2.11. The van der Waals surface area contributed by atoms with E-state index in [1.807, 2.05) is 0 Å². The molecule has 0 aromatic carbocycles. The molecule has 2 rings (SSSR count). The molecule has 1 heterocycles. The molecule has 2 aliphatic rings.